The van der Waals surface area contributed by atoms with Crippen LogP contribution in [-0.4, -0.2) is 15.7 Å². The molecule has 2 aromatic heterocycles. The SMILES string of the molecule is CCc1ccc([C@H](NC(=O)Cn2[nH]c(=O)c3ccccc3c2=O)c2cccs2)cc1. The van der Waals surface area contributed by atoms with Crippen molar-refractivity contribution >= 4 is 28.0 Å². The molecule has 0 aliphatic carbocycles. The van der Waals surface area contributed by atoms with Crippen molar-refractivity contribution in [3.8, 4) is 0 Å². The molecule has 0 spiro atoms. The number of aryl methyl sites for hydroxylation is 1. The summed E-state index contributed by atoms with van der Waals surface area (Å²) in [7, 11) is 0. The number of aromatic nitrogens is 2. The molecule has 30 heavy (non-hydrogen) atoms. The number of H-pyrrole nitrogens is 1. The number of rotatable bonds is 6. The average Bonchev–Trinajstić information content (AvgIpc) is 3.30. The maximum Gasteiger partial charge on any atom is 0.273 e. The summed E-state index contributed by atoms with van der Waals surface area (Å²) in [4.78, 5) is 38.8. The molecule has 2 heterocycles. The highest BCUT2D eigenvalue weighted by atomic mass is 32.1. The van der Waals surface area contributed by atoms with Gasteiger partial charge in [-0.05, 0) is 41.1 Å². The van der Waals surface area contributed by atoms with Crippen LogP contribution in [-0.2, 0) is 17.8 Å². The zero-order chi connectivity index (χ0) is 21.1. The van der Waals surface area contributed by atoms with Crippen LogP contribution >= 0.6 is 11.3 Å². The second kappa shape index (κ2) is 8.51. The number of fused-ring (bicyclic) bond motifs is 1. The van der Waals surface area contributed by atoms with Crippen LogP contribution in [0.2, 0.25) is 0 Å². The fourth-order valence-corrected chi connectivity index (χ4v) is 4.23. The van der Waals surface area contributed by atoms with E-state index in [0.29, 0.717) is 10.8 Å². The van der Waals surface area contributed by atoms with Gasteiger partial charge in [-0.1, -0.05) is 49.4 Å². The van der Waals surface area contributed by atoms with Gasteiger partial charge in [-0.2, -0.15) is 0 Å². The predicted octanol–water partition coefficient (Wildman–Crippen LogP) is 3.22. The molecule has 2 N–H and O–H groups in total. The Hall–Kier alpha value is -3.45. The molecule has 4 aromatic rings. The second-order valence-corrected chi connectivity index (χ2v) is 7.97. The molecule has 2 aromatic carbocycles. The third-order valence-electron chi connectivity index (χ3n) is 5.04. The number of nitrogens with one attached hydrogen (secondary N) is 2. The molecule has 0 radical (unpaired) electrons. The van der Waals surface area contributed by atoms with Gasteiger partial charge < -0.3 is 5.32 Å². The lowest BCUT2D eigenvalue weighted by Crippen LogP contribution is -2.38. The Bertz CT molecular complexity index is 1290. The van der Waals surface area contributed by atoms with E-state index < -0.39 is 11.1 Å². The van der Waals surface area contributed by atoms with Crippen molar-refractivity contribution in [1.82, 2.24) is 15.1 Å². The molecular weight excluding hydrogens is 398 g/mol. The van der Waals surface area contributed by atoms with Crippen LogP contribution in [0.25, 0.3) is 10.8 Å². The van der Waals surface area contributed by atoms with Gasteiger partial charge in [-0.3, -0.25) is 19.5 Å². The second-order valence-electron chi connectivity index (χ2n) is 6.99. The van der Waals surface area contributed by atoms with Gasteiger partial charge >= 0.3 is 0 Å². The third-order valence-corrected chi connectivity index (χ3v) is 5.98. The van der Waals surface area contributed by atoms with E-state index in [0.717, 1.165) is 21.5 Å². The van der Waals surface area contributed by atoms with Crippen molar-refractivity contribution in [3.63, 3.8) is 0 Å². The Morgan fingerprint density at radius 2 is 1.77 bits per heavy atom. The normalized spacial score (nSPS) is 12.0. The molecule has 0 saturated carbocycles. The first kappa shape index (κ1) is 19.8. The summed E-state index contributed by atoms with van der Waals surface area (Å²) in [5.74, 6) is -0.360. The van der Waals surface area contributed by atoms with E-state index in [1.807, 2.05) is 41.8 Å². The topological polar surface area (TPSA) is 84.0 Å². The molecule has 0 aliphatic heterocycles. The van der Waals surface area contributed by atoms with Crippen molar-refractivity contribution in [1.29, 1.82) is 0 Å². The van der Waals surface area contributed by atoms with E-state index in [1.54, 1.807) is 35.6 Å². The predicted molar refractivity (Wildman–Crippen MR) is 119 cm³/mol. The van der Waals surface area contributed by atoms with Crippen LogP contribution < -0.4 is 16.4 Å². The molecule has 7 heteroatoms. The van der Waals surface area contributed by atoms with Crippen LogP contribution in [0.5, 0.6) is 0 Å². The standard InChI is InChI=1S/C23H21N3O3S/c1-2-15-9-11-16(12-10-15)21(19-8-5-13-30-19)24-20(27)14-26-23(29)18-7-4-3-6-17(18)22(28)25-26/h3-13,21H,2,14H2,1H3,(H,24,27)(H,25,28)/t21-/m0/s1. The van der Waals surface area contributed by atoms with E-state index in [4.69, 9.17) is 0 Å². The summed E-state index contributed by atoms with van der Waals surface area (Å²) in [5.41, 5.74) is 1.38. The van der Waals surface area contributed by atoms with Crippen molar-refractivity contribution in [2.45, 2.75) is 25.9 Å². The lowest BCUT2D eigenvalue weighted by molar-refractivity contribution is -0.122. The van der Waals surface area contributed by atoms with Crippen molar-refractivity contribution in [3.05, 3.63) is 103 Å². The van der Waals surface area contributed by atoms with Gasteiger partial charge in [0.15, 0.2) is 0 Å². The summed E-state index contributed by atoms with van der Waals surface area (Å²) >= 11 is 1.55. The van der Waals surface area contributed by atoms with E-state index in [9.17, 15) is 14.4 Å². The van der Waals surface area contributed by atoms with Gasteiger partial charge in [0.1, 0.15) is 6.54 Å². The Morgan fingerprint density at radius 3 is 2.43 bits per heavy atom. The lowest BCUT2D eigenvalue weighted by atomic mass is 10.0. The number of carbonyl (C=O) groups excluding carboxylic acids is 1. The molecule has 1 atom stereocenters. The van der Waals surface area contributed by atoms with Crippen LogP contribution in [0, 0.1) is 0 Å². The summed E-state index contributed by atoms with van der Waals surface area (Å²) < 4.78 is 1.06. The van der Waals surface area contributed by atoms with Gasteiger partial charge in [0.2, 0.25) is 5.91 Å². The largest absolute Gasteiger partial charge is 0.343 e. The molecule has 4 rings (SSSR count). The Labute approximate surface area is 176 Å². The number of hydrogen-bond acceptors (Lipinski definition) is 4. The van der Waals surface area contributed by atoms with E-state index in [1.165, 1.54) is 5.56 Å². The minimum Gasteiger partial charge on any atom is -0.343 e. The summed E-state index contributed by atoms with van der Waals surface area (Å²) in [6.45, 7) is 1.82. The summed E-state index contributed by atoms with van der Waals surface area (Å²) in [5, 5.41) is 8.07. The first-order valence-electron chi connectivity index (χ1n) is 9.70. The Morgan fingerprint density at radius 1 is 1.03 bits per heavy atom. The number of benzene rings is 2. The minimum absolute atomic E-state index is 0.270. The number of carbonyl (C=O) groups is 1. The average molecular weight is 420 g/mol. The van der Waals surface area contributed by atoms with Crippen molar-refractivity contribution < 1.29 is 4.79 Å². The molecule has 0 saturated heterocycles. The van der Waals surface area contributed by atoms with Crippen LogP contribution in [0.1, 0.15) is 29.0 Å². The molecular formula is C23H21N3O3S. The summed E-state index contributed by atoms with van der Waals surface area (Å²) in [6, 6.07) is 18.3. The number of nitrogens with zero attached hydrogens (tertiary/aromatic N) is 1. The maximum atomic E-state index is 12.8. The lowest BCUT2D eigenvalue weighted by Gasteiger charge is -2.19. The molecule has 1 amide bonds. The van der Waals surface area contributed by atoms with E-state index >= 15 is 0 Å². The van der Waals surface area contributed by atoms with Crippen molar-refractivity contribution in [2.75, 3.05) is 0 Å². The molecule has 0 bridgehead atoms. The smallest absolute Gasteiger partial charge is 0.273 e. The fourth-order valence-electron chi connectivity index (χ4n) is 3.43. The van der Waals surface area contributed by atoms with Crippen molar-refractivity contribution in [2.24, 2.45) is 0 Å². The van der Waals surface area contributed by atoms with Gasteiger partial charge in [-0.15, -0.1) is 11.3 Å². The van der Waals surface area contributed by atoms with Gasteiger partial charge in [0, 0.05) is 4.88 Å². The third kappa shape index (κ3) is 3.97. The molecule has 0 fully saturated rings. The fraction of sp³-hybridized carbons (Fsp3) is 0.174. The number of thiophene rings is 1. The molecule has 152 valence electrons. The minimum atomic E-state index is -0.402. The highest BCUT2D eigenvalue weighted by Crippen LogP contribution is 2.26. The zero-order valence-corrected chi connectivity index (χ0v) is 17.2. The number of aromatic amines is 1. The highest BCUT2D eigenvalue weighted by molar-refractivity contribution is 7.10. The van der Waals surface area contributed by atoms with Crippen LogP contribution in [0.15, 0.2) is 75.6 Å². The first-order valence-corrected chi connectivity index (χ1v) is 10.6. The maximum absolute atomic E-state index is 12.8. The molecule has 6 nitrogen and oxygen atoms in total. The van der Waals surface area contributed by atoms with Gasteiger partial charge in [0.05, 0.1) is 16.8 Å². The number of hydrogen-bond donors (Lipinski definition) is 2. The van der Waals surface area contributed by atoms with E-state index in [2.05, 4.69) is 17.3 Å². The Balaban J connectivity index is 1.62. The van der Waals surface area contributed by atoms with Gasteiger partial charge in [-0.25, -0.2) is 4.68 Å². The Kier molecular flexibility index (Phi) is 5.63. The zero-order valence-electron chi connectivity index (χ0n) is 16.4. The molecule has 0 aliphatic rings. The monoisotopic (exact) mass is 419 g/mol. The quantitative estimate of drug-likeness (QED) is 0.503. The van der Waals surface area contributed by atoms with E-state index in [-0.39, 0.29) is 18.5 Å². The van der Waals surface area contributed by atoms with Crippen LogP contribution in [0.3, 0.4) is 0 Å². The highest BCUT2D eigenvalue weighted by Gasteiger charge is 2.19. The first-order chi connectivity index (χ1) is 14.6. The van der Waals surface area contributed by atoms with Crippen LogP contribution in [0.4, 0.5) is 0 Å². The molecule has 0 unspecified atom stereocenters. The summed E-state index contributed by atoms with van der Waals surface area (Å²) in [6.07, 6.45) is 0.939. The van der Waals surface area contributed by atoms with Gasteiger partial charge in [0.25, 0.3) is 11.1 Å². The number of amides is 1.